The normalized spacial score (nSPS) is 9.18. The molecule has 1 aromatic carbocycles. The molecule has 0 heterocycles. The van der Waals surface area contributed by atoms with Crippen molar-refractivity contribution in [3.05, 3.63) is 35.9 Å². The van der Waals surface area contributed by atoms with E-state index in [4.69, 9.17) is 13.8 Å². The summed E-state index contributed by atoms with van der Waals surface area (Å²) in [5, 5.41) is 0. The molecule has 0 amide bonds. The minimum absolute atomic E-state index is 0.452. The highest BCUT2D eigenvalue weighted by Crippen LogP contribution is 1.99. The number of hydrogen-bond acceptors (Lipinski definition) is 1. The quantitative estimate of drug-likeness (QED) is 0.509. The molecule has 0 saturated carbocycles. The van der Waals surface area contributed by atoms with Crippen LogP contribution >= 0.6 is 9.07 Å². The molecule has 0 aliphatic heterocycles. The lowest BCUT2D eigenvalue weighted by atomic mass is 10.2. The van der Waals surface area contributed by atoms with Crippen LogP contribution in [0.4, 0.5) is 0 Å². The lowest BCUT2D eigenvalue weighted by Crippen LogP contribution is -1.97. The Hall–Kier alpha value is 0.236. The van der Waals surface area contributed by atoms with Gasteiger partial charge in [-0.15, -0.1) is 0 Å². The van der Waals surface area contributed by atoms with Crippen LogP contribution in [0.3, 0.4) is 0 Å². The summed E-state index contributed by atoms with van der Waals surface area (Å²) < 4.78 is 6.06. The van der Waals surface area contributed by atoms with E-state index < -0.39 is 19.3 Å². The average molecular weight is 181 g/mol. The van der Waals surface area contributed by atoms with Gasteiger partial charge in [0.15, 0.2) is 0 Å². The minimum atomic E-state index is -0.452. The topological polar surface area (TPSA) is 9.23 Å². The number of rotatable bonds is 4. The largest absolute Gasteiger partial charge is 0.532 e. The van der Waals surface area contributed by atoms with Crippen molar-refractivity contribution in [1.82, 2.24) is 0 Å². The predicted octanol–water partition coefficient (Wildman–Crippen LogP) is 2.02. The number of benzene rings is 1. The van der Waals surface area contributed by atoms with Gasteiger partial charge in [0.05, 0.1) is 6.61 Å². The second-order valence-electron chi connectivity index (χ2n) is 2.23. The average Bonchev–Trinajstić information content (AvgIpc) is 2.07. The van der Waals surface area contributed by atoms with Crippen LogP contribution in [0.1, 0.15) is 5.56 Å². The van der Waals surface area contributed by atoms with Gasteiger partial charge >= 0.3 is 19.3 Å². The fourth-order valence-corrected chi connectivity index (χ4v) is 1.40. The number of halogens is 1. The molecule has 0 atom stereocenters. The van der Waals surface area contributed by atoms with Crippen molar-refractivity contribution in [2.45, 2.75) is 6.61 Å². The van der Waals surface area contributed by atoms with Gasteiger partial charge in [-0.3, -0.25) is 0 Å². The van der Waals surface area contributed by atoms with Gasteiger partial charge in [-0.05, 0) is 10.3 Å². The molecule has 0 unspecified atom stereocenters. The summed E-state index contributed by atoms with van der Waals surface area (Å²) in [5.41, 5.74) is 1.21. The van der Waals surface area contributed by atoms with Crippen molar-refractivity contribution in [3.8, 4) is 0 Å². The fraction of sp³-hybridized carbons (Fsp3) is 0.250. The Kier molecular flexibility index (Phi) is 4.94. The van der Waals surface area contributed by atoms with E-state index in [1.807, 2.05) is 18.2 Å². The Morgan fingerprint density at radius 2 is 2.00 bits per heavy atom. The molecule has 1 rings (SSSR count). The van der Waals surface area contributed by atoms with Crippen molar-refractivity contribution in [3.63, 3.8) is 0 Å². The Labute approximate surface area is 80.2 Å². The van der Waals surface area contributed by atoms with Crippen LogP contribution in [0.15, 0.2) is 30.3 Å². The Balaban J connectivity index is 2.28. The molecule has 56 valence electrons. The predicted molar refractivity (Wildman–Crippen MR) is 47.7 cm³/mol. The third-order valence-corrected chi connectivity index (χ3v) is 2.24. The monoisotopic (exact) mass is 180 g/mol. The van der Waals surface area contributed by atoms with Crippen LogP contribution in [-0.2, 0) is 11.3 Å². The summed E-state index contributed by atoms with van der Waals surface area (Å²) in [6.07, 6.45) is 0. The standard InChI is InChI=1S/C8H9O.ClH.Mg/c1-9-7-8-5-3-2-4-6-8;;/h2-6H,1,7H2;1H;/q;;+1/p-1. The minimum Gasteiger partial charge on any atom is -0.402 e. The molecule has 0 bridgehead atoms. The smallest absolute Gasteiger partial charge is 0.402 e. The zero-order valence-electron chi connectivity index (χ0n) is 6.29. The molecule has 0 fully saturated rings. The maximum absolute atomic E-state index is 5.58. The summed E-state index contributed by atoms with van der Waals surface area (Å²) >= 11 is -0.452. The molecule has 0 saturated heterocycles. The molecule has 0 aliphatic rings. The highest BCUT2D eigenvalue weighted by Gasteiger charge is 1.92. The van der Waals surface area contributed by atoms with Crippen LogP contribution in [0, 0.1) is 0 Å². The molecular formula is C8H9ClMgO. The Morgan fingerprint density at radius 3 is 2.64 bits per heavy atom. The molecule has 3 heteroatoms. The van der Waals surface area contributed by atoms with Crippen molar-refractivity contribution in [2.24, 2.45) is 0 Å². The van der Waals surface area contributed by atoms with Crippen molar-refractivity contribution in [2.75, 3.05) is 4.74 Å². The molecule has 11 heavy (non-hydrogen) atoms. The maximum atomic E-state index is 5.58. The number of hydrogen-bond donors (Lipinski definition) is 0. The zero-order chi connectivity index (χ0) is 7.94. The van der Waals surface area contributed by atoms with Crippen LogP contribution in [0.5, 0.6) is 0 Å². The van der Waals surface area contributed by atoms with Crippen molar-refractivity contribution < 1.29 is 4.74 Å². The highest BCUT2D eigenvalue weighted by molar-refractivity contribution is 6.93. The van der Waals surface area contributed by atoms with Gasteiger partial charge in [0.25, 0.3) is 0 Å². The first-order chi connectivity index (χ1) is 5.43. The fourth-order valence-electron chi connectivity index (χ4n) is 0.819. The van der Waals surface area contributed by atoms with E-state index in [0.717, 1.165) is 4.74 Å². The molecular weight excluding hydrogens is 172 g/mol. The van der Waals surface area contributed by atoms with E-state index in [1.54, 1.807) is 0 Å². The van der Waals surface area contributed by atoms with Gasteiger partial charge in [-0.1, -0.05) is 30.3 Å². The Morgan fingerprint density at radius 1 is 1.27 bits per heavy atom. The van der Waals surface area contributed by atoms with Gasteiger partial charge in [0, 0.05) is 0 Å². The van der Waals surface area contributed by atoms with Crippen LogP contribution in [0.25, 0.3) is 0 Å². The van der Waals surface area contributed by atoms with Gasteiger partial charge in [0.1, 0.15) is 0 Å². The summed E-state index contributed by atoms with van der Waals surface area (Å²) in [7, 11) is 5.58. The lowest BCUT2D eigenvalue weighted by Gasteiger charge is -2.00. The molecule has 0 radical (unpaired) electrons. The zero-order valence-corrected chi connectivity index (χ0v) is 8.46. The van der Waals surface area contributed by atoms with Gasteiger partial charge in [-0.2, -0.15) is 0 Å². The summed E-state index contributed by atoms with van der Waals surface area (Å²) in [4.78, 5) is 0. The van der Waals surface area contributed by atoms with Crippen LogP contribution in [0.2, 0.25) is 0 Å². The second-order valence-corrected chi connectivity index (χ2v) is 4.15. The van der Waals surface area contributed by atoms with E-state index in [-0.39, 0.29) is 0 Å². The summed E-state index contributed by atoms with van der Waals surface area (Å²) in [6, 6.07) is 10.1. The lowest BCUT2D eigenvalue weighted by molar-refractivity contribution is 0.164. The summed E-state index contributed by atoms with van der Waals surface area (Å²) in [5.74, 6) is 0. The van der Waals surface area contributed by atoms with Crippen LogP contribution in [-0.4, -0.2) is 24.0 Å². The second kappa shape index (κ2) is 5.83. The van der Waals surface area contributed by atoms with E-state index in [0.29, 0.717) is 6.61 Å². The van der Waals surface area contributed by atoms with E-state index in [1.165, 1.54) is 5.56 Å². The first kappa shape index (κ1) is 9.33. The maximum Gasteiger partial charge on any atom is 0.532 e. The molecule has 0 aliphatic carbocycles. The van der Waals surface area contributed by atoms with Gasteiger partial charge in [-0.25, -0.2) is 0 Å². The van der Waals surface area contributed by atoms with E-state index >= 15 is 0 Å². The van der Waals surface area contributed by atoms with E-state index in [2.05, 4.69) is 12.1 Å². The molecule has 0 spiro atoms. The molecule has 1 nitrogen and oxygen atoms in total. The van der Waals surface area contributed by atoms with Gasteiger partial charge in [0.2, 0.25) is 0 Å². The van der Waals surface area contributed by atoms with Crippen LogP contribution < -0.4 is 0 Å². The highest BCUT2D eigenvalue weighted by atomic mass is 35.5. The molecule has 0 aromatic heterocycles. The Bertz CT molecular complexity index is 191. The third kappa shape index (κ3) is 3.96. The third-order valence-electron chi connectivity index (χ3n) is 1.33. The SMILES string of the molecule is [Cl][Mg][CH2]OCc1ccccc1. The van der Waals surface area contributed by atoms with Crippen molar-refractivity contribution >= 4 is 28.3 Å². The molecule has 1 aromatic rings. The van der Waals surface area contributed by atoms with Crippen molar-refractivity contribution in [1.29, 1.82) is 0 Å². The van der Waals surface area contributed by atoms with Gasteiger partial charge < -0.3 is 13.8 Å². The summed E-state index contributed by atoms with van der Waals surface area (Å²) in [6.45, 7) is 0.695. The number of ether oxygens (including phenoxy) is 1. The molecule has 0 N–H and O–H groups in total. The first-order valence-corrected chi connectivity index (χ1v) is 6.75. The van der Waals surface area contributed by atoms with E-state index in [9.17, 15) is 0 Å². The first-order valence-electron chi connectivity index (χ1n) is 3.61.